The molecule has 2 aromatic heterocycles. The fraction of sp³-hybridized carbons (Fsp3) is 0.300. The Labute approximate surface area is 175 Å². The molecular weight excluding hydrogens is 408 g/mol. The Morgan fingerprint density at radius 2 is 1.87 bits per heavy atom. The van der Waals surface area contributed by atoms with Crippen molar-refractivity contribution in [3.8, 4) is 23.1 Å². The Hall–Kier alpha value is -3.11. The number of hydrogen-bond donors (Lipinski definition) is 2. The number of rotatable bonds is 11. The predicted molar refractivity (Wildman–Crippen MR) is 112 cm³/mol. The molecule has 3 aromatic rings. The summed E-state index contributed by atoms with van der Waals surface area (Å²) in [5, 5.41) is 6.87. The molecule has 2 heterocycles. The SMILES string of the molecule is CCCNCCOc1ccc(NS(=O)(=O)c2ccc(-c3ccno3)cc2)c(OC)n1. The van der Waals surface area contributed by atoms with Gasteiger partial charge in [0.05, 0.1) is 18.2 Å². The molecule has 0 aliphatic carbocycles. The van der Waals surface area contributed by atoms with Crippen molar-refractivity contribution in [2.75, 3.05) is 31.5 Å². The molecule has 0 amide bonds. The van der Waals surface area contributed by atoms with Crippen LogP contribution in [0.1, 0.15) is 13.3 Å². The first kappa shape index (κ1) is 21.6. The lowest BCUT2D eigenvalue weighted by Gasteiger charge is -2.13. The van der Waals surface area contributed by atoms with Crippen molar-refractivity contribution in [1.29, 1.82) is 0 Å². The summed E-state index contributed by atoms with van der Waals surface area (Å²) in [7, 11) is -2.42. The molecular formula is C20H24N4O5S. The smallest absolute Gasteiger partial charge is 0.262 e. The van der Waals surface area contributed by atoms with Gasteiger partial charge in [-0.15, -0.1) is 0 Å². The lowest BCUT2D eigenvalue weighted by atomic mass is 10.2. The average molecular weight is 433 g/mol. The summed E-state index contributed by atoms with van der Waals surface area (Å²) < 4.78 is 43.9. The zero-order valence-corrected chi connectivity index (χ0v) is 17.6. The quantitative estimate of drug-likeness (QED) is 0.445. The highest BCUT2D eigenvalue weighted by molar-refractivity contribution is 7.92. The van der Waals surface area contributed by atoms with Gasteiger partial charge in [-0.25, -0.2) is 8.42 Å². The number of aromatic nitrogens is 2. The third-order valence-corrected chi connectivity index (χ3v) is 5.50. The van der Waals surface area contributed by atoms with Crippen LogP contribution in [0.2, 0.25) is 0 Å². The van der Waals surface area contributed by atoms with Crippen LogP contribution in [0.5, 0.6) is 11.8 Å². The van der Waals surface area contributed by atoms with Crippen molar-refractivity contribution in [1.82, 2.24) is 15.5 Å². The minimum absolute atomic E-state index is 0.0927. The van der Waals surface area contributed by atoms with Gasteiger partial charge >= 0.3 is 0 Å². The molecule has 0 spiro atoms. The number of sulfonamides is 1. The maximum Gasteiger partial charge on any atom is 0.262 e. The Morgan fingerprint density at radius 1 is 1.07 bits per heavy atom. The Morgan fingerprint density at radius 3 is 2.53 bits per heavy atom. The van der Waals surface area contributed by atoms with E-state index in [4.69, 9.17) is 14.0 Å². The standard InChI is InChI=1S/C20H24N4O5S/c1-3-11-21-13-14-28-19-9-8-17(20(23-19)27-2)24-30(25,26)16-6-4-15(5-7-16)18-10-12-22-29-18/h4-10,12,21,24H,3,11,13-14H2,1-2H3. The number of pyridine rings is 1. The second kappa shape index (κ2) is 10.1. The van der Waals surface area contributed by atoms with Crippen molar-refractivity contribution in [2.24, 2.45) is 0 Å². The largest absolute Gasteiger partial charge is 0.479 e. The second-order valence-corrected chi connectivity index (χ2v) is 7.99. The number of methoxy groups -OCH3 is 1. The van der Waals surface area contributed by atoms with Gasteiger partial charge in [-0.3, -0.25) is 4.72 Å². The first-order chi connectivity index (χ1) is 14.5. The molecule has 0 radical (unpaired) electrons. The highest BCUT2D eigenvalue weighted by atomic mass is 32.2. The summed E-state index contributed by atoms with van der Waals surface area (Å²) in [5.74, 6) is 1.03. The Bertz CT molecular complexity index is 1040. The van der Waals surface area contributed by atoms with Gasteiger partial charge in [0.2, 0.25) is 11.8 Å². The minimum Gasteiger partial charge on any atom is -0.479 e. The van der Waals surface area contributed by atoms with Crippen LogP contribution in [0.3, 0.4) is 0 Å². The van der Waals surface area contributed by atoms with Crippen LogP contribution in [0.15, 0.2) is 58.1 Å². The molecule has 0 atom stereocenters. The predicted octanol–water partition coefficient (Wildman–Crippen LogP) is 2.92. The van der Waals surface area contributed by atoms with Gasteiger partial charge in [0.15, 0.2) is 5.76 Å². The molecule has 2 N–H and O–H groups in total. The number of ether oxygens (including phenoxy) is 2. The zero-order chi connectivity index (χ0) is 21.4. The maximum atomic E-state index is 12.8. The Kier molecular flexibility index (Phi) is 7.26. The summed E-state index contributed by atoms with van der Waals surface area (Å²) in [4.78, 5) is 4.31. The summed E-state index contributed by atoms with van der Waals surface area (Å²) in [5.41, 5.74) is 0.939. The first-order valence-corrected chi connectivity index (χ1v) is 10.9. The molecule has 0 saturated carbocycles. The van der Waals surface area contributed by atoms with Crippen LogP contribution < -0.4 is 19.5 Å². The van der Waals surface area contributed by atoms with Gasteiger partial charge in [0.1, 0.15) is 12.3 Å². The van der Waals surface area contributed by atoms with Crippen molar-refractivity contribution >= 4 is 15.7 Å². The van der Waals surface area contributed by atoms with Gasteiger partial charge in [0, 0.05) is 24.2 Å². The van der Waals surface area contributed by atoms with E-state index in [1.165, 1.54) is 25.4 Å². The fourth-order valence-corrected chi connectivity index (χ4v) is 3.69. The van der Waals surface area contributed by atoms with Crippen molar-refractivity contribution < 1.29 is 22.4 Å². The van der Waals surface area contributed by atoms with Crippen LogP contribution in [-0.4, -0.2) is 45.4 Å². The zero-order valence-electron chi connectivity index (χ0n) is 16.8. The summed E-state index contributed by atoms with van der Waals surface area (Å²) in [6.07, 6.45) is 2.57. The molecule has 0 unspecified atom stereocenters. The third-order valence-electron chi connectivity index (χ3n) is 4.11. The van der Waals surface area contributed by atoms with E-state index in [9.17, 15) is 8.42 Å². The fourth-order valence-electron chi connectivity index (χ4n) is 2.63. The molecule has 9 nitrogen and oxygen atoms in total. The van der Waals surface area contributed by atoms with Crippen molar-refractivity contribution in [3.05, 3.63) is 48.7 Å². The highest BCUT2D eigenvalue weighted by Gasteiger charge is 2.18. The first-order valence-electron chi connectivity index (χ1n) is 9.46. The van der Waals surface area contributed by atoms with Crippen LogP contribution in [0.25, 0.3) is 11.3 Å². The van der Waals surface area contributed by atoms with E-state index in [0.29, 0.717) is 24.8 Å². The maximum absolute atomic E-state index is 12.8. The van der Waals surface area contributed by atoms with E-state index >= 15 is 0 Å². The van der Waals surface area contributed by atoms with E-state index in [2.05, 4.69) is 27.1 Å². The van der Waals surface area contributed by atoms with E-state index < -0.39 is 10.0 Å². The number of nitrogens with zero attached hydrogens (tertiary/aromatic N) is 2. The molecule has 3 rings (SSSR count). The Balaban J connectivity index is 1.69. The lowest BCUT2D eigenvalue weighted by molar-refractivity contribution is 0.296. The molecule has 10 heteroatoms. The van der Waals surface area contributed by atoms with E-state index in [1.807, 2.05) is 0 Å². The van der Waals surface area contributed by atoms with Crippen LogP contribution in [0.4, 0.5) is 5.69 Å². The molecule has 0 fully saturated rings. The monoisotopic (exact) mass is 432 g/mol. The minimum atomic E-state index is -3.84. The third kappa shape index (κ3) is 5.49. The summed E-state index contributed by atoms with van der Waals surface area (Å²) in [6.45, 7) is 4.14. The topological polar surface area (TPSA) is 116 Å². The van der Waals surface area contributed by atoms with Gasteiger partial charge in [-0.1, -0.05) is 12.1 Å². The van der Waals surface area contributed by atoms with Gasteiger partial charge in [-0.2, -0.15) is 4.98 Å². The molecule has 0 aliphatic heterocycles. The van der Waals surface area contributed by atoms with E-state index in [1.54, 1.807) is 30.3 Å². The number of benzene rings is 1. The van der Waals surface area contributed by atoms with Crippen LogP contribution in [-0.2, 0) is 10.0 Å². The molecule has 160 valence electrons. The average Bonchev–Trinajstić information content (AvgIpc) is 3.29. The molecule has 1 aromatic carbocycles. The van der Waals surface area contributed by atoms with Crippen molar-refractivity contribution in [2.45, 2.75) is 18.2 Å². The second-order valence-electron chi connectivity index (χ2n) is 6.31. The number of anilines is 1. The molecule has 0 saturated heterocycles. The van der Waals surface area contributed by atoms with Gasteiger partial charge in [-0.05, 0) is 43.3 Å². The van der Waals surface area contributed by atoms with E-state index in [0.717, 1.165) is 18.5 Å². The van der Waals surface area contributed by atoms with Crippen molar-refractivity contribution in [3.63, 3.8) is 0 Å². The lowest BCUT2D eigenvalue weighted by Crippen LogP contribution is -2.21. The van der Waals surface area contributed by atoms with E-state index in [-0.39, 0.29) is 16.5 Å². The molecule has 0 aliphatic rings. The highest BCUT2D eigenvalue weighted by Crippen LogP contribution is 2.28. The number of hydrogen-bond acceptors (Lipinski definition) is 8. The molecule has 0 bridgehead atoms. The van der Waals surface area contributed by atoms with Crippen LogP contribution >= 0.6 is 0 Å². The van der Waals surface area contributed by atoms with Gasteiger partial charge in [0.25, 0.3) is 10.0 Å². The normalized spacial score (nSPS) is 11.3. The summed E-state index contributed by atoms with van der Waals surface area (Å²) >= 11 is 0. The summed E-state index contributed by atoms with van der Waals surface area (Å²) in [6, 6.07) is 11.1. The molecule has 30 heavy (non-hydrogen) atoms. The number of nitrogens with one attached hydrogen (secondary N) is 2. The van der Waals surface area contributed by atoms with Crippen LogP contribution in [0, 0.1) is 0 Å². The van der Waals surface area contributed by atoms with Gasteiger partial charge < -0.3 is 19.3 Å².